The van der Waals surface area contributed by atoms with Crippen LogP contribution in [-0.2, 0) is 14.3 Å². The second kappa shape index (κ2) is 13.0. The number of carbonyl (C=O) groups excluding carboxylic acids is 2. The summed E-state index contributed by atoms with van der Waals surface area (Å²) in [6, 6.07) is 15.7. The van der Waals surface area contributed by atoms with E-state index in [1.807, 2.05) is 6.07 Å². The summed E-state index contributed by atoms with van der Waals surface area (Å²) >= 11 is 0. The molecule has 0 heterocycles. The summed E-state index contributed by atoms with van der Waals surface area (Å²) in [5.74, 6) is -2.44. The molecular weight excluding hydrogens is 438 g/mol. The fraction of sp³-hybridized carbons (Fsp3) is 0.423. The van der Waals surface area contributed by atoms with Gasteiger partial charge in [0.1, 0.15) is 5.60 Å². The molecule has 0 aliphatic rings. The number of benzene rings is 2. The molecule has 0 aromatic heterocycles. The van der Waals surface area contributed by atoms with Crippen molar-refractivity contribution < 1.29 is 34.4 Å². The number of rotatable bonds is 9. The highest BCUT2D eigenvalue weighted by atomic mass is 16.6. The molecule has 0 aliphatic heterocycles. The zero-order valence-electron chi connectivity index (χ0n) is 20.2. The first-order chi connectivity index (χ1) is 15.8. The average molecular weight is 474 g/mol. The molecule has 34 heavy (non-hydrogen) atoms. The Bertz CT molecular complexity index is 949. The van der Waals surface area contributed by atoms with Crippen molar-refractivity contribution in [1.29, 1.82) is 0 Å². The van der Waals surface area contributed by atoms with Gasteiger partial charge in [-0.2, -0.15) is 0 Å². The number of ketones is 1. The Balaban J connectivity index is 0.000000352. The Morgan fingerprint density at radius 3 is 2.09 bits per heavy atom. The summed E-state index contributed by atoms with van der Waals surface area (Å²) < 4.78 is 4.96. The van der Waals surface area contributed by atoms with Gasteiger partial charge in [-0.05, 0) is 52.2 Å². The van der Waals surface area contributed by atoms with Gasteiger partial charge in [0, 0.05) is 24.2 Å². The van der Waals surface area contributed by atoms with Crippen LogP contribution < -0.4 is 5.73 Å². The van der Waals surface area contributed by atoms with Crippen LogP contribution in [0.3, 0.4) is 0 Å². The van der Waals surface area contributed by atoms with Gasteiger partial charge in [0.25, 0.3) is 0 Å². The largest absolute Gasteiger partial charge is 0.481 e. The van der Waals surface area contributed by atoms with E-state index in [1.54, 1.807) is 76.2 Å². The Kier molecular flexibility index (Phi) is 11.1. The van der Waals surface area contributed by atoms with Gasteiger partial charge in [0.05, 0.1) is 5.92 Å². The monoisotopic (exact) mass is 473 g/mol. The van der Waals surface area contributed by atoms with E-state index in [0.717, 1.165) is 0 Å². The molecule has 0 radical (unpaired) electrons. The zero-order chi connectivity index (χ0) is 25.9. The highest BCUT2D eigenvalue weighted by Crippen LogP contribution is 2.19. The zero-order valence-corrected chi connectivity index (χ0v) is 20.2. The van der Waals surface area contributed by atoms with Gasteiger partial charge in [0.15, 0.2) is 5.78 Å². The molecule has 0 saturated carbocycles. The topological polar surface area (TPSA) is 147 Å². The van der Waals surface area contributed by atoms with E-state index >= 15 is 0 Å². The molecule has 186 valence electrons. The molecule has 2 aromatic rings. The van der Waals surface area contributed by atoms with Crippen LogP contribution in [0.1, 0.15) is 74.4 Å². The number of hydrogen-bond donors (Lipinski definition) is 4. The number of nitrogens with two attached hydrogens (primary N) is 1. The number of carboxylic acid groups (broad SMARTS) is 1. The number of unbranched alkanes of at least 4 members (excludes halogenated alkanes) is 1. The minimum atomic E-state index is -1.96. The van der Waals surface area contributed by atoms with E-state index in [-0.39, 0.29) is 18.8 Å². The first-order valence-electron chi connectivity index (χ1n) is 11.1. The van der Waals surface area contributed by atoms with Gasteiger partial charge < -0.3 is 20.1 Å². The smallest absolute Gasteiger partial charge is 0.353 e. The van der Waals surface area contributed by atoms with E-state index in [1.165, 1.54) is 0 Å². The normalized spacial score (nSPS) is 13.6. The van der Waals surface area contributed by atoms with Crippen LogP contribution in [0.4, 0.5) is 0 Å². The Morgan fingerprint density at radius 2 is 1.56 bits per heavy atom. The van der Waals surface area contributed by atoms with Crippen molar-refractivity contribution in [2.24, 2.45) is 5.73 Å². The number of aliphatic hydroxyl groups is 2. The van der Waals surface area contributed by atoms with Crippen LogP contribution in [0.2, 0.25) is 0 Å². The maximum absolute atomic E-state index is 12.2. The number of aliphatic carboxylic acids is 1. The van der Waals surface area contributed by atoms with Crippen LogP contribution in [-0.4, -0.2) is 51.0 Å². The van der Waals surface area contributed by atoms with Gasteiger partial charge in [-0.25, -0.2) is 4.79 Å². The fourth-order valence-corrected chi connectivity index (χ4v) is 2.82. The van der Waals surface area contributed by atoms with E-state index < -0.39 is 29.2 Å². The molecule has 2 atom stereocenters. The molecule has 0 spiro atoms. The number of carbonyl (C=O) groups is 3. The van der Waals surface area contributed by atoms with Crippen molar-refractivity contribution in [3.63, 3.8) is 0 Å². The standard InChI is InChI=1S/C16H14O3.C10H21NO4/c1-11(16(18)19)13-8-5-9-14(10-13)15(17)12-6-3-2-4-7-12;1-9(2,3)15-8(13)10(11,14)6-4-5-7-12/h2-11H,1H3,(H,18,19);12,14H,4-7,11H2,1-3H3. The minimum Gasteiger partial charge on any atom is -0.481 e. The third-order valence-corrected chi connectivity index (χ3v) is 4.77. The number of hydrogen-bond acceptors (Lipinski definition) is 7. The third kappa shape index (κ3) is 9.82. The molecule has 0 amide bonds. The second-order valence-corrected chi connectivity index (χ2v) is 8.99. The average Bonchev–Trinajstić information content (AvgIpc) is 2.78. The van der Waals surface area contributed by atoms with Gasteiger partial charge in [0.2, 0.25) is 5.72 Å². The van der Waals surface area contributed by atoms with Gasteiger partial charge in [-0.1, -0.05) is 48.5 Å². The summed E-state index contributed by atoms with van der Waals surface area (Å²) in [5, 5.41) is 27.1. The van der Waals surface area contributed by atoms with E-state index in [4.69, 9.17) is 20.7 Å². The van der Waals surface area contributed by atoms with Crippen molar-refractivity contribution in [1.82, 2.24) is 0 Å². The molecule has 8 nitrogen and oxygen atoms in total. The SMILES string of the molecule is CC(C(=O)O)c1cccc(C(=O)c2ccccc2)c1.CC(C)(C)OC(=O)C(N)(O)CCCCO. The lowest BCUT2D eigenvalue weighted by Crippen LogP contribution is -2.51. The van der Waals surface area contributed by atoms with Gasteiger partial charge in [-0.3, -0.25) is 15.3 Å². The highest BCUT2D eigenvalue weighted by molar-refractivity contribution is 6.09. The van der Waals surface area contributed by atoms with Crippen molar-refractivity contribution in [3.05, 3.63) is 71.3 Å². The van der Waals surface area contributed by atoms with Gasteiger partial charge >= 0.3 is 11.9 Å². The quantitative estimate of drug-likeness (QED) is 0.188. The predicted molar refractivity (Wildman–Crippen MR) is 128 cm³/mol. The number of esters is 1. The Hall–Kier alpha value is -3.07. The summed E-state index contributed by atoms with van der Waals surface area (Å²) in [4.78, 5) is 34.6. The lowest BCUT2D eigenvalue weighted by atomic mass is 9.96. The van der Waals surface area contributed by atoms with Crippen molar-refractivity contribution in [2.45, 2.75) is 64.2 Å². The molecule has 0 bridgehead atoms. The minimum absolute atomic E-state index is 0.0183. The van der Waals surface area contributed by atoms with E-state index in [0.29, 0.717) is 29.5 Å². The summed E-state index contributed by atoms with van der Waals surface area (Å²) in [7, 11) is 0. The maximum atomic E-state index is 12.2. The Morgan fingerprint density at radius 1 is 0.971 bits per heavy atom. The second-order valence-electron chi connectivity index (χ2n) is 8.99. The highest BCUT2D eigenvalue weighted by Gasteiger charge is 2.35. The van der Waals surface area contributed by atoms with Crippen LogP contribution in [0.25, 0.3) is 0 Å². The van der Waals surface area contributed by atoms with Gasteiger partial charge in [-0.15, -0.1) is 0 Å². The molecule has 0 saturated heterocycles. The third-order valence-electron chi connectivity index (χ3n) is 4.77. The summed E-state index contributed by atoms with van der Waals surface area (Å²) in [5.41, 5.74) is 4.53. The molecule has 2 unspecified atom stereocenters. The number of aliphatic hydroxyl groups excluding tert-OH is 1. The molecule has 0 fully saturated rings. The number of ether oxygens (including phenoxy) is 1. The molecule has 8 heteroatoms. The molecule has 0 aliphatic carbocycles. The van der Waals surface area contributed by atoms with Crippen molar-refractivity contribution in [3.8, 4) is 0 Å². The maximum Gasteiger partial charge on any atom is 0.353 e. The molecule has 5 N–H and O–H groups in total. The van der Waals surface area contributed by atoms with Crippen LogP contribution in [0.15, 0.2) is 54.6 Å². The molecule has 2 rings (SSSR count). The fourth-order valence-electron chi connectivity index (χ4n) is 2.82. The van der Waals surface area contributed by atoms with E-state index in [9.17, 15) is 19.5 Å². The van der Waals surface area contributed by atoms with Crippen LogP contribution in [0.5, 0.6) is 0 Å². The lowest BCUT2D eigenvalue weighted by molar-refractivity contribution is -0.177. The van der Waals surface area contributed by atoms with Crippen LogP contribution >= 0.6 is 0 Å². The first kappa shape index (κ1) is 29.0. The molecular formula is C26H35NO7. The lowest BCUT2D eigenvalue weighted by Gasteiger charge is -2.27. The van der Waals surface area contributed by atoms with Crippen molar-refractivity contribution in [2.75, 3.05) is 6.61 Å². The summed E-state index contributed by atoms with van der Waals surface area (Å²) in [6.07, 6.45) is 1.06. The van der Waals surface area contributed by atoms with E-state index in [2.05, 4.69) is 0 Å². The van der Waals surface area contributed by atoms with Crippen LogP contribution in [0, 0.1) is 0 Å². The van der Waals surface area contributed by atoms with Crippen molar-refractivity contribution >= 4 is 17.7 Å². The first-order valence-corrected chi connectivity index (χ1v) is 11.1. The Labute approximate surface area is 200 Å². The summed E-state index contributed by atoms with van der Waals surface area (Å²) in [6.45, 7) is 6.73. The number of carboxylic acids is 1. The molecule has 2 aromatic carbocycles. The predicted octanol–water partition coefficient (Wildman–Crippen LogP) is 3.24.